The van der Waals surface area contributed by atoms with Gasteiger partial charge in [-0.3, -0.25) is 19.2 Å². The van der Waals surface area contributed by atoms with Crippen LogP contribution in [-0.2, 0) is 35.2 Å². The van der Waals surface area contributed by atoms with Crippen molar-refractivity contribution in [2.45, 2.75) is 90.0 Å². The molecule has 224 valence electrons. The van der Waals surface area contributed by atoms with E-state index in [-0.39, 0.29) is 23.9 Å². The smallest absolute Gasteiger partial charge is 0.435 e. The second kappa shape index (κ2) is 12.2. The van der Waals surface area contributed by atoms with E-state index in [9.17, 15) is 22.8 Å². The first-order valence-corrected chi connectivity index (χ1v) is 14.6. The Hall–Kier alpha value is -3.82. The van der Waals surface area contributed by atoms with E-state index in [1.54, 1.807) is 37.4 Å². The van der Waals surface area contributed by atoms with Crippen LogP contribution in [0, 0.1) is 13.8 Å². The van der Waals surface area contributed by atoms with Crippen molar-refractivity contribution in [3.05, 3.63) is 76.1 Å². The minimum absolute atomic E-state index is 0.00225. The molecule has 1 saturated carbocycles. The van der Waals surface area contributed by atoms with Crippen molar-refractivity contribution in [3.8, 4) is 5.75 Å². The third-order valence-corrected chi connectivity index (χ3v) is 8.49. The molecule has 2 amide bonds. The maximum atomic E-state index is 14.3. The molecule has 5 rings (SSSR count). The van der Waals surface area contributed by atoms with Gasteiger partial charge in [-0.1, -0.05) is 31.0 Å². The number of amides is 2. The van der Waals surface area contributed by atoms with Crippen LogP contribution in [0.25, 0.3) is 0 Å². The normalized spacial score (nSPS) is 16.1. The van der Waals surface area contributed by atoms with Gasteiger partial charge in [-0.2, -0.15) is 18.3 Å². The number of methoxy groups -OCH3 is 1. The number of benzene rings is 2. The minimum atomic E-state index is -4.61. The van der Waals surface area contributed by atoms with Gasteiger partial charge in [0.25, 0.3) is 0 Å². The molecule has 0 spiro atoms. The number of ether oxygens (including phenoxy) is 1. The molecule has 3 aromatic rings. The molecule has 1 aromatic heterocycles. The summed E-state index contributed by atoms with van der Waals surface area (Å²) < 4.78 is 48.2. The van der Waals surface area contributed by atoms with Crippen LogP contribution in [-0.4, -0.2) is 34.7 Å². The number of anilines is 1. The van der Waals surface area contributed by atoms with E-state index in [1.165, 1.54) is 9.58 Å². The second-order valence-corrected chi connectivity index (χ2v) is 11.3. The standard InChI is InChI=1S/C32H37F3N4O3/c1-20-12-15-24(18-21(20)2)39(28(40)19-38-27-11-7-6-10-26(27)30(37-38)32(33,34)35)29(22-13-16-25(42-3)17-14-22)31(41)36-23-8-4-5-9-23/h12-18,23,29H,4-11,19H2,1-3H3,(H,36,41)/t29-/m0/s1. The molecule has 2 aromatic carbocycles. The van der Waals surface area contributed by atoms with Crippen LogP contribution in [0.2, 0.25) is 0 Å². The molecule has 2 aliphatic carbocycles. The van der Waals surface area contributed by atoms with Crippen molar-refractivity contribution in [2.24, 2.45) is 0 Å². The summed E-state index contributed by atoms with van der Waals surface area (Å²) in [4.78, 5) is 29.8. The summed E-state index contributed by atoms with van der Waals surface area (Å²) in [6, 6.07) is 11.4. The third-order valence-electron chi connectivity index (χ3n) is 8.49. The van der Waals surface area contributed by atoms with Crippen LogP contribution in [0.3, 0.4) is 0 Å². The first kappa shape index (κ1) is 29.7. The van der Waals surface area contributed by atoms with E-state index in [0.717, 1.165) is 43.2 Å². The fourth-order valence-electron chi connectivity index (χ4n) is 6.10. The number of aryl methyl sites for hydroxylation is 2. The van der Waals surface area contributed by atoms with Gasteiger partial charge >= 0.3 is 6.18 Å². The average Bonchev–Trinajstić information content (AvgIpc) is 3.61. The zero-order chi connectivity index (χ0) is 30.0. The number of nitrogens with zero attached hydrogens (tertiary/aromatic N) is 3. The lowest BCUT2D eigenvalue weighted by Gasteiger charge is -2.33. The predicted octanol–water partition coefficient (Wildman–Crippen LogP) is 6.24. The molecule has 0 aliphatic heterocycles. The molecule has 10 heteroatoms. The number of rotatable bonds is 8. The molecule has 0 saturated heterocycles. The van der Waals surface area contributed by atoms with Crippen LogP contribution in [0.5, 0.6) is 5.75 Å². The fourth-order valence-corrected chi connectivity index (χ4v) is 6.10. The zero-order valence-electron chi connectivity index (χ0n) is 24.3. The molecule has 1 atom stereocenters. The van der Waals surface area contributed by atoms with E-state index >= 15 is 0 Å². The number of carbonyl (C=O) groups is 2. The molecule has 1 N–H and O–H groups in total. The van der Waals surface area contributed by atoms with Crippen molar-refractivity contribution < 1.29 is 27.5 Å². The lowest BCUT2D eigenvalue weighted by molar-refractivity contribution is -0.142. The Balaban J connectivity index is 1.59. The Bertz CT molecular complexity index is 1440. The van der Waals surface area contributed by atoms with Crippen molar-refractivity contribution in [3.63, 3.8) is 0 Å². The van der Waals surface area contributed by atoms with Crippen molar-refractivity contribution in [1.29, 1.82) is 0 Å². The van der Waals surface area contributed by atoms with Gasteiger partial charge < -0.3 is 10.1 Å². The number of hydrogen-bond acceptors (Lipinski definition) is 4. The maximum Gasteiger partial charge on any atom is 0.435 e. The average molecular weight is 583 g/mol. The first-order chi connectivity index (χ1) is 20.1. The molecule has 0 unspecified atom stereocenters. The van der Waals surface area contributed by atoms with Crippen LogP contribution in [0.1, 0.15) is 78.2 Å². The number of halogens is 3. The van der Waals surface area contributed by atoms with Crippen LogP contribution in [0.15, 0.2) is 42.5 Å². The summed E-state index contributed by atoms with van der Waals surface area (Å²) >= 11 is 0. The van der Waals surface area contributed by atoms with Gasteiger partial charge in [0, 0.05) is 23.0 Å². The molecule has 0 radical (unpaired) electrons. The Labute approximate surface area is 244 Å². The van der Waals surface area contributed by atoms with E-state index < -0.39 is 30.4 Å². The first-order valence-electron chi connectivity index (χ1n) is 14.6. The minimum Gasteiger partial charge on any atom is -0.497 e. The van der Waals surface area contributed by atoms with Gasteiger partial charge in [-0.05, 0) is 93.3 Å². The molecular formula is C32H37F3N4O3. The highest BCUT2D eigenvalue weighted by Gasteiger charge is 2.41. The van der Waals surface area contributed by atoms with E-state index in [4.69, 9.17) is 4.74 Å². The number of alkyl halides is 3. The van der Waals surface area contributed by atoms with Gasteiger partial charge in [-0.15, -0.1) is 0 Å². The quantitative estimate of drug-likeness (QED) is 0.341. The highest BCUT2D eigenvalue weighted by Crippen LogP contribution is 2.37. The Kier molecular flexibility index (Phi) is 8.61. The van der Waals surface area contributed by atoms with E-state index in [1.807, 2.05) is 26.0 Å². The van der Waals surface area contributed by atoms with Gasteiger partial charge in [-0.25, -0.2) is 0 Å². The zero-order valence-corrected chi connectivity index (χ0v) is 24.3. The third kappa shape index (κ3) is 6.17. The van der Waals surface area contributed by atoms with Crippen molar-refractivity contribution >= 4 is 17.5 Å². The largest absolute Gasteiger partial charge is 0.497 e. The van der Waals surface area contributed by atoms with E-state index in [2.05, 4.69) is 10.4 Å². The lowest BCUT2D eigenvalue weighted by atomic mass is 9.95. The molecule has 1 fully saturated rings. The Morgan fingerprint density at radius 1 is 1.02 bits per heavy atom. The summed E-state index contributed by atoms with van der Waals surface area (Å²) in [7, 11) is 1.55. The summed E-state index contributed by atoms with van der Waals surface area (Å²) in [5.41, 5.74) is 2.68. The van der Waals surface area contributed by atoms with Crippen LogP contribution < -0.4 is 15.0 Å². The number of nitrogens with one attached hydrogen (secondary N) is 1. The number of aromatic nitrogens is 2. The van der Waals surface area contributed by atoms with Gasteiger partial charge in [0.15, 0.2) is 5.69 Å². The topological polar surface area (TPSA) is 76.5 Å². The predicted molar refractivity (Wildman–Crippen MR) is 153 cm³/mol. The highest BCUT2D eigenvalue weighted by atomic mass is 19.4. The molecule has 2 aliphatic rings. The number of carbonyl (C=O) groups excluding carboxylic acids is 2. The molecule has 0 bridgehead atoms. The monoisotopic (exact) mass is 582 g/mol. The number of hydrogen-bond donors (Lipinski definition) is 1. The van der Waals surface area contributed by atoms with Gasteiger partial charge in [0.05, 0.1) is 7.11 Å². The highest BCUT2D eigenvalue weighted by molar-refractivity contribution is 6.01. The molecule has 1 heterocycles. The Morgan fingerprint density at radius 2 is 1.71 bits per heavy atom. The van der Waals surface area contributed by atoms with Crippen LogP contribution >= 0.6 is 0 Å². The van der Waals surface area contributed by atoms with Crippen molar-refractivity contribution in [2.75, 3.05) is 12.0 Å². The van der Waals surface area contributed by atoms with E-state index in [0.29, 0.717) is 35.5 Å². The maximum absolute atomic E-state index is 14.3. The van der Waals surface area contributed by atoms with Gasteiger partial charge in [0.1, 0.15) is 18.3 Å². The number of fused-ring (bicyclic) bond motifs is 1. The molecule has 7 nitrogen and oxygen atoms in total. The van der Waals surface area contributed by atoms with Crippen molar-refractivity contribution in [1.82, 2.24) is 15.1 Å². The lowest BCUT2D eigenvalue weighted by Crippen LogP contribution is -2.47. The summed E-state index contributed by atoms with van der Waals surface area (Å²) in [6.07, 6.45) is 1.20. The summed E-state index contributed by atoms with van der Waals surface area (Å²) in [5, 5.41) is 7.06. The fraction of sp³-hybridized carbons (Fsp3) is 0.469. The summed E-state index contributed by atoms with van der Waals surface area (Å²) in [6.45, 7) is 3.45. The second-order valence-electron chi connectivity index (χ2n) is 11.3. The molecular weight excluding hydrogens is 545 g/mol. The SMILES string of the molecule is COc1ccc([C@@H](C(=O)NC2CCCC2)N(C(=O)Cn2nc(C(F)(F)F)c3c2CCCC3)c2ccc(C)c(C)c2)cc1. The Morgan fingerprint density at radius 3 is 2.36 bits per heavy atom. The summed E-state index contributed by atoms with van der Waals surface area (Å²) in [5.74, 6) is -0.261. The van der Waals surface area contributed by atoms with Crippen LogP contribution in [0.4, 0.5) is 18.9 Å². The molecule has 42 heavy (non-hydrogen) atoms. The van der Waals surface area contributed by atoms with Gasteiger partial charge in [0.2, 0.25) is 11.8 Å².